The Balaban J connectivity index is 1.77. The maximum absolute atomic E-state index is 12.0. The van der Waals surface area contributed by atoms with Gasteiger partial charge in [0.05, 0.1) is 0 Å². The van der Waals surface area contributed by atoms with Crippen LogP contribution in [-0.4, -0.2) is 42.6 Å². The van der Waals surface area contributed by atoms with Gasteiger partial charge in [-0.15, -0.1) is 0 Å². The molecule has 25 heavy (non-hydrogen) atoms. The molecule has 1 aromatic carbocycles. The SMILES string of the molecule is CN(C)CCOc1cccc(CNC(=O)CCn2ccccc2=O)c1. The quantitative estimate of drug-likeness (QED) is 0.749. The van der Waals surface area contributed by atoms with Gasteiger partial charge in [-0.2, -0.15) is 0 Å². The summed E-state index contributed by atoms with van der Waals surface area (Å²) in [6, 6.07) is 12.6. The van der Waals surface area contributed by atoms with Crippen LogP contribution in [-0.2, 0) is 17.9 Å². The molecule has 134 valence electrons. The molecule has 2 aromatic rings. The smallest absolute Gasteiger partial charge is 0.250 e. The number of hydrogen-bond acceptors (Lipinski definition) is 4. The van der Waals surface area contributed by atoms with E-state index in [1.807, 2.05) is 38.4 Å². The lowest BCUT2D eigenvalue weighted by atomic mass is 10.2. The standard InChI is InChI=1S/C19H25N3O3/c1-21(2)12-13-25-17-7-5-6-16(14-17)15-20-18(23)9-11-22-10-4-3-8-19(22)24/h3-8,10,14H,9,11-13,15H2,1-2H3,(H,20,23). The van der Waals surface area contributed by atoms with E-state index >= 15 is 0 Å². The summed E-state index contributed by atoms with van der Waals surface area (Å²) in [6.07, 6.45) is 1.95. The minimum atomic E-state index is -0.0992. The first-order valence-electron chi connectivity index (χ1n) is 8.33. The summed E-state index contributed by atoms with van der Waals surface area (Å²) in [5, 5.41) is 2.87. The monoisotopic (exact) mass is 343 g/mol. The van der Waals surface area contributed by atoms with Gasteiger partial charge in [0.25, 0.3) is 5.56 Å². The number of amides is 1. The van der Waals surface area contributed by atoms with E-state index in [-0.39, 0.29) is 17.9 Å². The van der Waals surface area contributed by atoms with Crippen molar-refractivity contribution in [1.82, 2.24) is 14.8 Å². The average Bonchev–Trinajstić information content (AvgIpc) is 2.59. The molecule has 1 N–H and O–H groups in total. The summed E-state index contributed by atoms with van der Waals surface area (Å²) < 4.78 is 7.22. The summed E-state index contributed by atoms with van der Waals surface area (Å²) in [7, 11) is 4.00. The number of nitrogens with one attached hydrogen (secondary N) is 1. The molecule has 0 spiro atoms. The number of carbonyl (C=O) groups is 1. The van der Waals surface area contributed by atoms with E-state index in [1.54, 1.807) is 18.3 Å². The summed E-state index contributed by atoms with van der Waals surface area (Å²) in [5.74, 6) is 0.708. The molecule has 0 atom stereocenters. The number of benzene rings is 1. The van der Waals surface area contributed by atoms with Gasteiger partial charge < -0.3 is 19.5 Å². The molecule has 0 radical (unpaired) electrons. The van der Waals surface area contributed by atoms with E-state index in [2.05, 4.69) is 10.2 Å². The number of nitrogens with zero attached hydrogens (tertiary/aromatic N) is 2. The highest BCUT2D eigenvalue weighted by Gasteiger charge is 2.04. The second-order valence-corrected chi connectivity index (χ2v) is 6.06. The highest BCUT2D eigenvalue weighted by molar-refractivity contribution is 5.75. The Hall–Kier alpha value is -2.60. The highest BCUT2D eigenvalue weighted by atomic mass is 16.5. The van der Waals surface area contributed by atoms with Crippen LogP contribution in [0.15, 0.2) is 53.5 Å². The van der Waals surface area contributed by atoms with E-state index in [9.17, 15) is 9.59 Å². The van der Waals surface area contributed by atoms with E-state index in [1.165, 1.54) is 10.6 Å². The molecular formula is C19H25N3O3. The van der Waals surface area contributed by atoms with Crippen molar-refractivity contribution in [3.63, 3.8) is 0 Å². The van der Waals surface area contributed by atoms with Crippen LogP contribution >= 0.6 is 0 Å². The molecule has 0 aliphatic heterocycles. The van der Waals surface area contributed by atoms with Crippen molar-refractivity contribution >= 4 is 5.91 Å². The molecule has 2 rings (SSSR count). The topological polar surface area (TPSA) is 63.6 Å². The van der Waals surface area contributed by atoms with Crippen molar-refractivity contribution in [2.45, 2.75) is 19.5 Å². The molecule has 0 aliphatic carbocycles. The lowest BCUT2D eigenvalue weighted by molar-refractivity contribution is -0.121. The van der Waals surface area contributed by atoms with Crippen molar-refractivity contribution in [3.05, 3.63) is 64.6 Å². The third-order valence-corrected chi connectivity index (χ3v) is 3.67. The van der Waals surface area contributed by atoms with E-state index in [4.69, 9.17) is 4.74 Å². The number of likely N-dealkylation sites (N-methyl/N-ethyl adjacent to an activating group) is 1. The first kappa shape index (κ1) is 18.7. The molecule has 6 heteroatoms. The Kier molecular flexibility index (Phi) is 7.22. The van der Waals surface area contributed by atoms with E-state index in [0.29, 0.717) is 19.7 Å². The van der Waals surface area contributed by atoms with Gasteiger partial charge in [-0.1, -0.05) is 18.2 Å². The predicted molar refractivity (Wildman–Crippen MR) is 97.7 cm³/mol. The first-order chi connectivity index (χ1) is 12.0. The van der Waals surface area contributed by atoms with Gasteiger partial charge in [-0.05, 0) is 37.9 Å². The third-order valence-electron chi connectivity index (χ3n) is 3.67. The second-order valence-electron chi connectivity index (χ2n) is 6.06. The molecular weight excluding hydrogens is 318 g/mol. The molecule has 6 nitrogen and oxygen atoms in total. The molecule has 1 aromatic heterocycles. The fourth-order valence-electron chi connectivity index (χ4n) is 2.25. The number of ether oxygens (including phenoxy) is 1. The minimum absolute atomic E-state index is 0.0883. The Morgan fingerprint density at radius 2 is 2.04 bits per heavy atom. The van der Waals surface area contributed by atoms with Gasteiger partial charge in [0.1, 0.15) is 12.4 Å². The molecule has 1 heterocycles. The van der Waals surface area contributed by atoms with Crippen molar-refractivity contribution < 1.29 is 9.53 Å². The Bertz CT molecular complexity index is 740. The maximum atomic E-state index is 12.0. The zero-order chi connectivity index (χ0) is 18.1. The Morgan fingerprint density at radius 3 is 2.80 bits per heavy atom. The van der Waals surface area contributed by atoms with Gasteiger partial charge in [0.2, 0.25) is 5.91 Å². The van der Waals surface area contributed by atoms with E-state index < -0.39 is 0 Å². The van der Waals surface area contributed by atoms with Crippen molar-refractivity contribution in [2.24, 2.45) is 0 Å². The van der Waals surface area contributed by atoms with Gasteiger partial charge in [-0.25, -0.2) is 0 Å². The van der Waals surface area contributed by atoms with Crippen LogP contribution in [0, 0.1) is 0 Å². The summed E-state index contributed by atoms with van der Waals surface area (Å²) in [6.45, 7) is 2.28. The molecule has 0 bridgehead atoms. The lowest BCUT2D eigenvalue weighted by Crippen LogP contribution is -2.26. The predicted octanol–water partition coefficient (Wildman–Crippen LogP) is 1.50. The van der Waals surface area contributed by atoms with Crippen LogP contribution in [0.5, 0.6) is 5.75 Å². The number of rotatable bonds is 9. The average molecular weight is 343 g/mol. The molecule has 0 fully saturated rings. The molecule has 1 amide bonds. The van der Waals surface area contributed by atoms with Crippen molar-refractivity contribution in [1.29, 1.82) is 0 Å². The fraction of sp³-hybridized carbons (Fsp3) is 0.368. The zero-order valence-corrected chi connectivity index (χ0v) is 14.8. The minimum Gasteiger partial charge on any atom is -0.492 e. The second kappa shape index (κ2) is 9.64. The Morgan fingerprint density at radius 1 is 1.20 bits per heavy atom. The first-order valence-corrected chi connectivity index (χ1v) is 8.33. The summed E-state index contributed by atoms with van der Waals surface area (Å²) >= 11 is 0. The van der Waals surface area contributed by atoms with Crippen molar-refractivity contribution in [2.75, 3.05) is 27.2 Å². The summed E-state index contributed by atoms with van der Waals surface area (Å²) in [5.41, 5.74) is 0.880. The van der Waals surface area contributed by atoms with Crippen LogP contribution in [0.25, 0.3) is 0 Å². The fourth-order valence-corrected chi connectivity index (χ4v) is 2.25. The maximum Gasteiger partial charge on any atom is 0.250 e. The van der Waals surface area contributed by atoms with Crippen LogP contribution in [0.3, 0.4) is 0 Å². The highest BCUT2D eigenvalue weighted by Crippen LogP contribution is 2.13. The van der Waals surface area contributed by atoms with Crippen LogP contribution in [0.1, 0.15) is 12.0 Å². The number of aryl methyl sites for hydroxylation is 1. The van der Waals surface area contributed by atoms with Gasteiger partial charge in [0.15, 0.2) is 0 Å². The van der Waals surface area contributed by atoms with Crippen LogP contribution in [0.2, 0.25) is 0 Å². The lowest BCUT2D eigenvalue weighted by Gasteiger charge is -2.12. The van der Waals surface area contributed by atoms with Gasteiger partial charge in [-0.3, -0.25) is 9.59 Å². The number of carbonyl (C=O) groups excluding carboxylic acids is 1. The van der Waals surface area contributed by atoms with Gasteiger partial charge >= 0.3 is 0 Å². The summed E-state index contributed by atoms with van der Waals surface area (Å²) in [4.78, 5) is 25.6. The number of pyridine rings is 1. The van der Waals surface area contributed by atoms with Crippen molar-refractivity contribution in [3.8, 4) is 5.75 Å². The zero-order valence-electron chi connectivity index (χ0n) is 14.8. The van der Waals surface area contributed by atoms with Crippen LogP contribution < -0.4 is 15.6 Å². The largest absolute Gasteiger partial charge is 0.492 e. The molecule has 0 saturated carbocycles. The number of hydrogen-bond donors (Lipinski definition) is 1. The van der Waals surface area contributed by atoms with E-state index in [0.717, 1.165) is 17.9 Å². The third kappa shape index (κ3) is 6.81. The van der Waals surface area contributed by atoms with Gasteiger partial charge in [0, 0.05) is 38.3 Å². The Labute approximate surface area is 148 Å². The normalized spacial score (nSPS) is 10.7. The number of aromatic nitrogens is 1. The van der Waals surface area contributed by atoms with Crippen LogP contribution in [0.4, 0.5) is 0 Å². The molecule has 0 aliphatic rings. The molecule has 0 saturated heterocycles. The molecule has 0 unspecified atom stereocenters.